The topological polar surface area (TPSA) is 56.3 Å². The largest absolute Gasteiger partial charge is 0.573 e. The van der Waals surface area contributed by atoms with Gasteiger partial charge < -0.3 is 13.7 Å². The number of piperidine rings is 1. The van der Waals surface area contributed by atoms with Crippen LogP contribution in [0.3, 0.4) is 0 Å². The highest BCUT2D eigenvalue weighted by molar-refractivity contribution is 5.56. The van der Waals surface area contributed by atoms with Gasteiger partial charge in [0.05, 0.1) is 5.69 Å². The normalized spacial score (nSPS) is 15.4. The fourth-order valence-electron chi connectivity index (χ4n) is 4.69. The fraction of sp³-hybridized carbons (Fsp3) is 0.333. The molecule has 4 aromatic rings. The van der Waals surface area contributed by atoms with E-state index in [4.69, 9.17) is 9.40 Å². The Morgan fingerprint density at radius 2 is 1.69 bits per heavy atom. The van der Waals surface area contributed by atoms with Crippen molar-refractivity contribution < 1.29 is 22.3 Å². The van der Waals surface area contributed by atoms with E-state index in [-0.39, 0.29) is 5.75 Å². The van der Waals surface area contributed by atoms with Crippen molar-refractivity contribution >= 4 is 0 Å². The highest BCUT2D eigenvalue weighted by Crippen LogP contribution is 2.32. The Morgan fingerprint density at radius 1 is 1.00 bits per heavy atom. The zero-order valence-corrected chi connectivity index (χ0v) is 20.1. The van der Waals surface area contributed by atoms with Crippen molar-refractivity contribution in [2.45, 2.75) is 45.5 Å². The van der Waals surface area contributed by atoms with Gasteiger partial charge >= 0.3 is 6.36 Å². The minimum atomic E-state index is -4.67. The number of hydrogen-bond donors (Lipinski definition) is 0. The summed E-state index contributed by atoms with van der Waals surface area (Å²) < 4.78 is 49.1. The molecule has 1 aliphatic heterocycles. The molecule has 0 atom stereocenters. The fourth-order valence-corrected chi connectivity index (χ4v) is 4.69. The number of nitrogens with zero attached hydrogens (tertiary/aromatic N) is 4. The highest BCUT2D eigenvalue weighted by Gasteiger charge is 2.31. The van der Waals surface area contributed by atoms with Crippen LogP contribution in [0, 0.1) is 13.8 Å². The molecule has 1 fully saturated rings. The van der Waals surface area contributed by atoms with Gasteiger partial charge in [0.2, 0.25) is 5.89 Å². The summed E-state index contributed by atoms with van der Waals surface area (Å²) >= 11 is 0. The first-order valence-electron chi connectivity index (χ1n) is 11.9. The molecule has 1 aliphatic rings. The van der Waals surface area contributed by atoms with Gasteiger partial charge in [0.25, 0.3) is 0 Å². The highest BCUT2D eigenvalue weighted by atomic mass is 19.4. The van der Waals surface area contributed by atoms with Crippen molar-refractivity contribution in [3.63, 3.8) is 0 Å². The predicted octanol–water partition coefficient (Wildman–Crippen LogP) is 6.42. The molecule has 0 bridgehead atoms. The number of aromatic nitrogens is 3. The van der Waals surface area contributed by atoms with Crippen molar-refractivity contribution in [1.82, 2.24) is 19.4 Å². The van der Waals surface area contributed by atoms with Crippen molar-refractivity contribution in [3.8, 4) is 22.9 Å². The van der Waals surface area contributed by atoms with Gasteiger partial charge in [-0.3, -0.25) is 4.90 Å². The molecule has 0 aliphatic carbocycles. The number of alkyl halides is 3. The molecule has 1 saturated heterocycles. The van der Waals surface area contributed by atoms with Crippen LogP contribution in [0.2, 0.25) is 0 Å². The van der Waals surface area contributed by atoms with Crippen LogP contribution in [0.4, 0.5) is 13.2 Å². The van der Waals surface area contributed by atoms with Crippen LogP contribution < -0.4 is 4.74 Å². The van der Waals surface area contributed by atoms with Crippen LogP contribution in [0.15, 0.2) is 65.3 Å². The molecule has 9 heteroatoms. The number of imidazole rings is 1. The summed E-state index contributed by atoms with van der Waals surface area (Å²) in [5.41, 5.74) is 3.91. The number of ether oxygens (including phenoxy) is 1. The quantitative estimate of drug-likeness (QED) is 0.308. The summed E-state index contributed by atoms with van der Waals surface area (Å²) in [7, 11) is 0. The van der Waals surface area contributed by atoms with Crippen LogP contribution >= 0.6 is 0 Å². The summed E-state index contributed by atoms with van der Waals surface area (Å²) in [6.07, 6.45) is 0.892. The first kappa shape index (κ1) is 24.1. The smallest absolute Gasteiger partial charge is 0.441 e. The van der Waals surface area contributed by atoms with E-state index >= 15 is 0 Å². The Morgan fingerprint density at radius 3 is 2.31 bits per heavy atom. The number of benzene rings is 2. The van der Waals surface area contributed by atoms with Crippen LogP contribution in [0.25, 0.3) is 17.1 Å². The average molecular weight is 497 g/mol. The predicted molar refractivity (Wildman–Crippen MR) is 129 cm³/mol. The van der Waals surface area contributed by atoms with Crippen molar-refractivity contribution in [1.29, 1.82) is 0 Å². The first-order chi connectivity index (χ1) is 17.2. The van der Waals surface area contributed by atoms with Crippen LogP contribution in [-0.4, -0.2) is 38.9 Å². The van der Waals surface area contributed by atoms with Crippen LogP contribution in [0.5, 0.6) is 5.75 Å². The second-order valence-electron chi connectivity index (χ2n) is 9.08. The molecule has 0 amide bonds. The zero-order valence-electron chi connectivity index (χ0n) is 20.1. The molecular formula is C27H27F3N4O2. The van der Waals surface area contributed by atoms with Gasteiger partial charge in [-0.15, -0.1) is 13.2 Å². The maximum Gasteiger partial charge on any atom is 0.573 e. The summed E-state index contributed by atoms with van der Waals surface area (Å²) in [5, 5.41) is 0. The molecule has 36 heavy (non-hydrogen) atoms. The van der Waals surface area contributed by atoms with Gasteiger partial charge in [0.1, 0.15) is 17.3 Å². The average Bonchev–Trinajstić information content (AvgIpc) is 3.44. The molecule has 0 spiro atoms. The lowest BCUT2D eigenvalue weighted by Gasteiger charge is -2.31. The molecule has 3 heterocycles. The standard InChI is InChI=1S/C27H27F3N4O2/c1-18-25(32-26(35-18)22-3-7-23(8-4-22)34-16-13-31-19(34)2)17-33-14-11-21(12-15-33)20-5-9-24(10-6-20)36-27(28,29)30/h3-10,13,16,21H,11-12,14-15,17H2,1-2H3. The summed E-state index contributed by atoms with van der Waals surface area (Å²) in [6.45, 7) is 6.36. The van der Waals surface area contributed by atoms with E-state index in [2.05, 4.69) is 14.6 Å². The number of hydrogen-bond acceptors (Lipinski definition) is 5. The molecule has 5 rings (SSSR count). The third-order valence-corrected chi connectivity index (χ3v) is 6.66. The van der Waals surface area contributed by atoms with E-state index in [1.807, 2.05) is 48.9 Å². The van der Waals surface area contributed by atoms with Gasteiger partial charge in [0.15, 0.2) is 0 Å². The maximum absolute atomic E-state index is 12.4. The van der Waals surface area contributed by atoms with E-state index in [9.17, 15) is 13.2 Å². The lowest BCUT2D eigenvalue weighted by molar-refractivity contribution is -0.274. The Labute approximate surface area is 207 Å². The molecule has 0 radical (unpaired) electrons. The molecule has 6 nitrogen and oxygen atoms in total. The van der Waals surface area contributed by atoms with E-state index in [0.717, 1.165) is 60.0 Å². The molecule has 0 saturated carbocycles. The van der Waals surface area contributed by atoms with Gasteiger partial charge in [0, 0.05) is 30.2 Å². The third-order valence-electron chi connectivity index (χ3n) is 6.66. The Bertz CT molecular complexity index is 1300. The van der Waals surface area contributed by atoms with Crippen LogP contribution in [-0.2, 0) is 6.54 Å². The van der Waals surface area contributed by atoms with E-state index in [0.29, 0.717) is 18.4 Å². The second-order valence-corrected chi connectivity index (χ2v) is 9.08. The number of likely N-dealkylation sites (tertiary alicyclic amines) is 1. The van der Waals surface area contributed by atoms with Crippen molar-refractivity contribution in [2.75, 3.05) is 13.1 Å². The van der Waals surface area contributed by atoms with Gasteiger partial charge in [-0.25, -0.2) is 9.97 Å². The van der Waals surface area contributed by atoms with Crippen LogP contribution in [0.1, 0.15) is 41.6 Å². The van der Waals surface area contributed by atoms with Crippen molar-refractivity contribution in [3.05, 3.63) is 83.8 Å². The zero-order chi connectivity index (χ0) is 25.3. The molecule has 0 N–H and O–H groups in total. The molecule has 2 aromatic carbocycles. The summed E-state index contributed by atoms with van der Waals surface area (Å²) in [4.78, 5) is 11.4. The molecular weight excluding hydrogens is 469 g/mol. The number of halogens is 3. The van der Waals surface area contributed by atoms with E-state index in [1.165, 1.54) is 12.1 Å². The van der Waals surface area contributed by atoms with E-state index in [1.54, 1.807) is 18.3 Å². The SMILES string of the molecule is Cc1oc(-c2ccc(-n3ccnc3C)cc2)nc1CN1CCC(c2ccc(OC(F)(F)F)cc2)CC1. The molecule has 2 aromatic heterocycles. The van der Waals surface area contributed by atoms with E-state index < -0.39 is 6.36 Å². The van der Waals surface area contributed by atoms with Gasteiger partial charge in [-0.2, -0.15) is 0 Å². The maximum atomic E-state index is 12.4. The number of aryl methyl sites for hydroxylation is 2. The first-order valence-corrected chi connectivity index (χ1v) is 11.9. The number of oxazole rings is 1. The Hall–Kier alpha value is -3.59. The van der Waals surface area contributed by atoms with Gasteiger partial charge in [-0.1, -0.05) is 12.1 Å². The Kier molecular flexibility index (Phi) is 6.57. The summed E-state index contributed by atoms with van der Waals surface area (Å²) in [6, 6.07) is 14.3. The lowest BCUT2D eigenvalue weighted by atomic mass is 9.89. The Balaban J connectivity index is 1.18. The summed E-state index contributed by atoms with van der Waals surface area (Å²) in [5.74, 6) is 2.46. The third kappa shape index (κ3) is 5.46. The lowest BCUT2D eigenvalue weighted by Crippen LogP contribution is -2.32. The molecule has 0 unspecified atom stereocenters. The second kappa shape index (κ2) is 9.81. The minimum absolute atomic E-state index is 0.188. The molecule has 188 valence electrons. The minimum Gasteiger partial charge on any atom is -0.441 e. The van der Waals surface area contributed by atoms with Gasteiger partial charge in [-0.05, 0) is 87.7 Å². The van der Waals surface area contributed by atoms with Crippen molar-refractivity contribution in [2.24, 2.45) is 0 Å². The number of rotatable bonds is 6. The monoisotopic (exact) mass is 496 g/mol.